The molecule has 2 fully saturated rings. The van der Waals surface area contributed by atoms with E-state index < -0.39 is 22.9 Å². The number of carbonyl (C=O) groups is 3. The highest BCUT2D eigenvalue weighted by Crippen LogP contribution is 2.49. The summed E-state index contributed by atoms with van der Waals surface area (Å²) >= 11 is 0. The highest BCUT2D eigenvalue weighted by molar-refractivity contribution is 6.02. The Labute approximate surface area is 124 Å². The smallest absolute Gasteiger partial charge is 0.249 e. The minimum absolute atomic E-state index is 0.0694. The fourth-order valence-electron chi connectivity index (χ4n) is 2.94. The Kier molecular flexibility index (Phi) is 4.08. The molecule has 0 aromatic rings. The van der Waals surface area contributed by atoms with E-state index in [9.17, 15) is 14.4 Å². The maximum Gasteiger partial charge on any atom is 0.249 e. The molecule has 0 radical (unpaired) electrons. The predicted octanol–water partition coefficient (Wildman–Crippen LogP) is -0.560. The van der Waals surface area contributed by atoms with Crippen LogP contribution < -0.4 is 16.4 Å². The summed E-state index contributed by atoms with van der Waals surface area (Å²) in [5.41, 5.74) is 4.68. The Morgan fingerprint density at radius 1 is 1.48 bits per heavy atom. The largest absolute Gasteiger partial charge is 0.378 e. The number of piperidine rings is 1. The van der Waals surface area contributed by atoms with Crippen LogP contribution in [0.5, 0.6) is 0 Å². The van der Waals surface area contributed by atoms with Gasteiger partial charge in [0.1, 0.15) is 11.6 Å². The second kappa shape index (κ2) is 5.38. The summed E-state index contributed by atoms with van der Waals surface area (Å²) < 4.78 is 5.58. The van der Waals surface area contributed by atoms with Crippen LogP contribution in [0.4, 0.5) is 0 Å². The second-order valence-corrected chi connectivity index (χ2v) is 6.32. The number of amides is 3. The molecule has 0 spiro atoms. The Morgan fingerprint density at radius 2 is 2.14 bits per heavy atom. The molecule has 4 N–H and O–H groups in total. The van der Waals surface area contributed by atoms with Gasteiger partial charge in [0.25, 0.3) is 0 Å². The van der Waals surface area contributed by atoms with E-state index in [-0.39, 0.29) is 24.3 Å². The summed E-state index contributed by atoms with van der Waals surface area (Å²) in [6, 6.07) is -0.697. The van der Waals surface area contributed by atoms with Gasteiger partial charge >= 0.3 is 0 Å². The van der Waals surface area contributed by atoms with Gasteiger partial charge in [-0.2, -0.15) is 0 Å². The van der Waals surface area contributed by atoms with Crippen molar-refractivity contribution in [1.82, 2.24) is 10.6 Å². The number of ether oxygens (including phenoxy) is 1. The normalized spacial score (nSPS) is 34.9. The zero-order valence-corrected chi connectivity index (χ0v) is 12.7. The second-order valence-electron chi connectivity index (χ2n) is 6.32. The van der Waals surface area contributed by atoms with Crippen LogP contribution in [0.15, 0.2) is 0 Å². The molecule has 21 heavy (non-hydrogen) atoms. The Morgan fingerprint density at radius 3 is 2.67 bits per heavy atom. The summed E-state index contributed by atoms with van der Waals surface area (Å²) in [7, 11) is 0. The minimum Gasteiger partial charge on any atom is -0.378 e. The molecule has 3 atom stereocenters. The van der Waals surface area contributed by atoms with Gasteiger partial charge in [0.05, 0.1) is 6.10 Å². The van der Waals surface area contributed by atoms with Gasteiger partial charge in [-0.1, -0.05) is 13.8 Å². The molecule has 1 saturated heterocycles. The van der Waals surface area contributed by atoms with Gasteiger partial charge in [0.2, 0.25) is 17.7 Å². The van der Waals surface area contributed by atoms with Crippen molar-refractivity contribution in [3.05, 3.63) is 0 Å². The van der Waals surface area contributed by atoms with E-state index in [1.54, 1.807) is 0 Å². The summed E-state index contributed by atoms with van der Waals surface area (Å²) in [4.78, 5) is 35.2. The minimum atomic E-state index is -1.06. The molecule has 2 rings (SSSR count). The molecule has 1 heterocycles. The third-order valence-electron chi connectivity index (χ3n) is 4.78. The zero-order valence-electron chi connectivity index (χ0n) is 12.7. The first-order chi connectivity index (χ1) is 9.72. The van der Waals surface area contributed by atoms with Crippen molar-refractivity contribution in [2.24, 2.45) is 11.1 Å². The molecule has 0 aromatic heterocycles. The first kappa shape index (κ1) is 15.9. The molecule has 118 valence electrons. The van der Waals surface area contributed by atoms with Crippen molar-refractivity contribution in [2.75, 3.05) is 6.61 Å². The van der Waals surface area contributed by atoms with Gasteiger partial charge in [-0.15, -0.1) is 0 Å². The van der Waals surface area contributed by atoms with Crippen LogP contribution in [0.2, 0.25) is 0 Å². The van der Waals surface area contributed by atoms with Crippen molar-refractivity contribution in [2.45, 2.75) is 57.7 Å². The molecule has 3 unspecified atom stereocenters. The van der Waals surface area contributed by atoms with E-state index in [1.165, 1.54) is 0 Å². The van der Waals surface area contributed by atoms with E-state index in [0.717, 1.165) is 0 Å². The monoisotopic (exact) mass is 297 g/mol. The Hall–Kier alpha value is -1.47. The standard InChI is InChI=1S/C14H23N3O4/c1-4-21-9-7-14(15,13(9,2)3)12(20)16-8-5-6-10(18)17-11(8)19/h8-9H,4-7,15H2,1-3H3,(H,16,20)(H,17,18,19). The van der Waals surface area contributed by atoms with Crippen LogP contribution in [0, 0.1) is 5.41 Å². The number of nitrogens with two attached hydrogens (primary N) is 1. The van der Waals surface area contributed by atoms with Gasteiger partial charge in [0, 0.05) is 24.9 Å². The van der Waals surface area contributed by atoms with Crippen molar-refractivity contribution in [1.29, 1.82) is 0 Å². The SMILES string of the molecule is CCOC1CC(N)(C(=O)NC2CCC(=O)NC2=O)C1(C)C. The summed E-state index contributed by atoms with van der Waals surface area (Å²) in [6.45, 7) is 6.25. The maximum absolute atomic E-state index is 12.5. The van der Waals surface area contributed by atoms with Gasteiger partial charge < -0.3 is 15.8 Å². The van der Waals surface area contributed by atoms with Crippen molar-refractivity contribution in [3.8, 4) is 0 Å². The average Bonchev–Trinajstić information content (AvgIpc) is 2.41. The molecule has 7 heteroatoms. The number of nitrogens with one attached hydrogen (secondary N) is 2. The molecule has 1 saturated carbocycles. The first-order valence-electron chi connectivity index (χ1n) is 7.27. The highest BCUT2D eigenvalue weighted by Gasteiger charge is 2.63. The van der Waals surface area contributed by atoms with Crippen LogP contribution >= 0.6 is 0 Å². The number of imide groups is 1. The number of hydrogen-bond acceptors (Lipinski definition) is 5. The maximum atomic E-state index is 12.5. The van der Waals surface area contributed by atoms with E-state index in [2.05, 4.69) is 10.6 Å². The highest BCUT2D eigenvalue weighted by atomic mass is 16.5. The van der Waals surface area contributed by atoms with E-state index in [4.69, 9.17) is 10.5 Å². The van der Waals surface area contributed by atoms with E-state index in [0.29, 0.717) is 19.4 Å². The predicted molar refractivity (Wildman–Crippen MR) is 75.0 cm³/mol. The fourth-order valence-corrected chi connectivity index (χ4v) is 2.94. The summed E-state index contributed by atoms with van der Waals surface area (Å²) in [6.07, 6.45) is 0.883. The Balaban J connectivity index is 2.01. The van der Waals surface area contributed by atoms with Crippen LogP contribution in [-0.4, -0.2) is 42.0 Å². The van der Waals surface area contributed by atoms with E-state index in [1.807, 2.05) is 20.8 Å². The lowest BCUT2D eigenvalue weighted by Gasteiger charge is -2.57. The zero-order chi connectivity index (χ0) is 15.8. The van der Waals surface area contributed by atoms with Gasteiger partial charge in [0.15, 0.2) is 0 Å². The van der Waals surface area contributed by atoms with Crippen LogP contribution in [0.25, 0.3) is 0 Å². The molecule has 0 bridgehead atoms. The van der Waals surface area contributed by atoms with Crippen LogP contribution in [0.1, 0.15) is 40.0 Å². The first-order valence-corrected chi connectivity index (χ1v) is 7.27. The van der Waals surface area contributed by atoms with Gasteiger partial charge in [-0.05, 0) is 13.3 Å². The van der Waals surface area contributed by atoms with Crippen molar-refractivity contribution in [3.63, 3.8) is 0 Å². The third kappa shape index (κ3) is 2.55. The van der Waals surface area contributed by atoms with Crippen molar-refractivity contribution >= 4 is 17.7 Å². The van der Waals surface area contributed by atoms with E-state index >= 15 is 0 Å². The number of rotatable bonds is 4. The summed E-state index contributed by atoms with van der Waals surface area (Å²) in [5.74, 6) is -1.15. The molecule has 0 aromatic carbocycles. The number of carbonyl (C=O) groups excluding carboxylic acids is 3. The lowest BCUT2D eigenvalue weighted by molar-refractivity contribution is -0.171. The Bertz CT molecular complexity index is 477. The van der Waals surface area contributed by atoms with Crippen LogP contribution in [0.3, 0.4) is 0 Å². The van der Waals surface area contributed by atoms with Crippen LogP contribution in [-0.2, 0) is 19.1 Å². The topological polar surface area (TPSA) is 111 Å². The third-order valence-corrected chi connectivity index (χ3v) is 4.78. The molecular formula is C14H23N3O4. The molecule has 3 amide bonds. The quantitative estimate of drug-likeness (QED) is 0.602. The molecule has 7 nitrogen and oxygen atoms in total. The molecule has 2 aliphatic rings. The molecular weight excluding hydrogens is 274 g/mol. The number of hydrogen-bond donors (Lipinski definition) is 3. The van der Waals surface area contributed by atoms with Gasteiger partial charge in [-0.25, -0.2) is 0 Å². The van der Waals surface area contributed by atoms with Crippen molar-refractivity contribution < 1.29 is 19.1 Å². The molecule has 1 aliphatic carbocycles. The lowest BCUT2D eigenvalue weighted by Crippen LogP contribution is -2.76. The fraction of sp³-hybridized carbons (Fsp3) is 0.786. The average molecular weight is 297 g/mol. The summed E-state index contributed by atoms with van der Waals surface area (Å²) in [5, 5.41) is 4.88. The molecule has 1 aliphatic heterocycles. The van der Waals surface area contributed by atoms with Gasteiger partial charge in [-0.3, -0.25) is 19.7 Å². The lowest BCUT2D eigenvalue weighted by atomic mass is 9.54.